The Morgan fingerprint density at radius 1 is 1.56 bits per heavy atom. The number of aliphatic carboxylic acids is 1. The minimum Gasteiger partial charge on any atom is -0.481 e. The van der Waals surface area contributed by atoms with E-state index in [1.165, 1.54) is 0 Å². The number of halogens is 1. The van der Waals surface area contributed by atoms with E-state index in [-0.39, 0.29) is 6.42 Å². The number of aryl methyl sites for hydroxylation is 1. The van der Waals surface area contributed by atoms with Gasteiger partial charge < -0.3 is 5.11 Å². The average Bonchev–Trinajstić information content (AvgIpc) is 2.83. The van der Waals surface area contributed by atoms with E-state index in [2.05, 4.69) is 26.1 Å². The summed E-state index contributed by atoms with van der Waals surface area (Å²) in [5.41, 5.74) is 1.71. The number of carbonyl (C=O) groups is 1. The Bertz CT molecular complexity index is 506. The van der Waals surface area contributed by atoms with E-state index in [1.807, 2.05) is 18.2 Å². The van der Waals surface area contributed by atoms with Gasteiger partial charge in [0.25, 0.3) is 0 Å². The molecule has 2 N–H and O–H groups in total. The third-order valence-corrected chi connectivity index (χ3v) is 3.71. The monoisotopic (exact) mass is 300 g/mol. The highest BCUT2D eigenvalue weighted by molar-refractivity contribution is 9.11. The number of rotatable bonds is 4. The quantitative estimate of drug-likeness (QED) is 0.912. The highest BCUT2D eigenvalue weighted by Gasteiger charge is 2.07. The Kier molecular flexibility index (Phi) is 3.40. The average molecular weight is 301 g/mol. The molecule has 0 amide bonds. The zero-order valence-electron chi connectivity index (χ0n) is 8.24. The van der Waals surface area contributed by atoms with Crippen LogP contribution in [0.15, 0.2) is 22.0 Å². The van der Waals surface area contributed by atoms with Crippen LogP contribution in [0, 0.1) is 0 Å². The van der Waals surface area contributed by atoms with Gasteiger partial charge in [-0.3, -0.25) is 9.89 Å². The molecule has 2 rings (SSSR count). The Morgan fingerprint density at radius 3 is 3.00 bits per heavy atom. The smallest absolute Gasteiger partial charge is 0.303 e. The van der Waals surface area contributed by atoms with Crippen molar-refractivity contribution in [2.75, 3.05) is 0 Å². The Hall–Kier alpha value is -1.14. The summed E-state index contributed by atoms with van der Waals surface area (Å²) >= 11 is 4.99. The fourth-order valence-electron chi connectivity index (χ4n) is 1.31. The van der Waals surface area contributed by atoms with Gasteiger partial charge in [-0.1, -0.05) is 0 Å². The molecule has 0 fully saturated rings. The van der Waals surface area contributed by atoms with Crippen molar-refractivity contribution >= 4 is 33.2 Å². The van der Waals surface area contributed by atoms with Gasteiger partial charge in [0.2, 0.25) is 0 Å². The number of carboxylic acid groups (broad SMARTS) is 1. The van der Waals surface area contributed by atoms with Crippen LogP contribution in [-0.4, -0.2) is 21.3 Å². The Morgan fingerprint density at radius 2 is 2.38 bits per heavy atom. The van der Waals surface area contributed by atoms with E-state index in [0.29, 0.717) is 6.42 Å². The maximum absolute atomic E-state index is 10.4. The van der Waals surface area contributed by atoms with Gasteiger partial charge in [-0.15, -0.1) is 11.3 Å². The second-order valence-electron chi connectivity index (χ2n) is 3.28. The van der Waals surface area contributed by atoms with Gasteiger partial charge in [0.1, 0.15) is 5.69 Å². The van der Waals surface area contributed by atoms with Crippen molar-refractivity contribution in [3.8, 4) is 10.6 Å². The van der Waals surface area contributed by atoms with Crippen LogP contribution in [0.3, 0.4) is 0 Å². The first-order valence-electron chi connectivity index (χ1n) is 4.67. The number of hydrogen-bond acceptors (Lipinski definition) is 3. The SMILES string of the molecule is O=C(O)CCc1cc(-c2ccc(Br)s2)n[nH]1. The maximum atomic E-state index is 10.4. The van der Waals surface area contributed by atoms with E-state index in [4.69, 9.17) is 5.11 Å². The van der Waals surface area contributed by atoms with Crippen molar-refractivity contribution in [1.29, 1.82) is 0 Å². The second kappa shape index (κ2) is 4.80. The molecule has 0 saturated heterocycles. The molecule has 0 saturated carbocycles. The fraction of sp³-hybridized carbons (Fsp3) is 0.200. The van der Waals surface area contributed by atoms with E-state index in [0.717, 1.165) is 20.1 Å². The number of thiophene rings is 1. The Balaban J connectivity index is 2.10. The lowest BCUT2D eigenvalue weighted by molar-refractivity contribution is -0.136. The predicted octanol–water partition coefficient (Wildman–Crippen LogP) is 2.92. The normalized spacial score (nSPS) is 10.6. The van der Waals surface area contributed by atoms with Gasteiger partial charge in [0.05, 0.1) is 15.1 Å². The molecule has 0 atom stereocenters. The molecule has 2 aromatic heterocycles. The lowest BCUT2D eigenvalue weighted by Crippen LogP contribution is -1.97. The third kappa shape index (κ3) is 2.70. The first-order valence-corrected chi connectivity index (χ1v) is 6.28. The molecule has 16 heavy (non-hydrogen) atoms. The van der Waals surface area contributed by atoms with Crippen molar-refractivity contribution in [2.24, 2.45) is 0 Å². The molecular weight excluding hydrogens is 292 g/mol. The summed E-state index contributed by atoms with van der Waals surface area (Å²) < 4.78 is 1.05. The van der Waals surface area contributed by atoms with Crippen molar-refractivity contribution < 1.29 is 9.90 Å². The van der Waals surface area contributed by atoms with Crippen LogP contribution < -0.4 is 0 Å². The molecule has 0 aliphatic rings. The zero-order chi connectivity index (χ0) is 11.5. The van der Waals surface area contributed by atoms with Crippen LogP contribution in [-0.2, 0) is 11.2 Å². The fourth-order valence-corrected chi connectivity index (χ4v) is 2.66. The zero-order valence-corrected chi connectivity index (χ0v) is 10.6. The lowest BCUT2D eigenvalue weighted by atomic mass is 10.2. The first-order chi connectivity index (χ1) is 7.65. The summed E-state index contributed by atoms with van der Waals surface area (Å²) in [7, 11) is 0. The molecule has 4 nitrogen and oxygen atoms in total. The highest BCUT2D eigenvalue weighted by Crippen LogP contribution is 2.30. The number of carboxylic acids is 1. The minimum absolute atomic E-state index is 0.121. The van der Waals surface area contributed by atoms with Crippen molar-refractivity contribution in [2.45, 2.75) is 12.8 Å². The van der Waals surface area contributed by atoms with E-state index in [9.17, 15) is 4.79 Å². The number of nitrogens with one attached hydrogen (secondary N) is 1. The largest absolute Gasteiger partial charge is 0.481 e. The summed E-state index contributed by atoms with van der Waals surface area (Å²) in [6, 6.07) is 5.83. The number of hydrogen-bond donors (Lipinski definition) is 2. The molecule has 84 valence electrons. The second-order valence-corrected chi connectivity index (χ2v) is 5.74. The summed E-state index contributed by atoms with van der Waals surface area (Å²) in [6.45, 7) is 0. The molecule has 0 radical (unpaired) electrons. The van der Waals surface area contributed by atoms with E-state index < -0.39 is 5.97 Å². The summed E-state index contributed by atoms with van der Waals surface area (Å²) in [5, 5.41) is 15.6. The van der Waals surface area contributed by atoms with Crippen LogP contribution in [0.2, 0.25) is 0 Å². The van der Waals surface area contributed by atoms with Gasteiger partial charge in [-0.05, 0) is 40.5 Å². The molecule has 0 unspecified atom stereocenters. The van der Waals surface area contributed by atoms with Gasteiger partial charge in [0, 0.05) is 5.69 Å². The van der Waals surface area contributed by atoms with Gasteiger partial charge in [-0.2, -0.15) is 5.10 Å². The number of aromatic nitrogens is 2. The molecule has 2 aromatic rings. The van der Waals surface area contributed by atoms with Crippen molar-refractivity contribution in [1.82, 2.24) is 10.2 Å². The molecule has 0 aliphatic heterocycles. The molecule has 2 heterocycles. The van der Waals surface area contributed by atoms with Gasteiger partial charge in [0.15, 0.2) is 0 Å². The van der Waals surface area contributed by atoms with Crippen LogP contribution in [0.25, 0.3) is 10.6 Å². The molecule has 0 aromatic carbocycles. The standard InChI is InChI=1S/C10H9BrN2O2S/c11-9-3-2-8(16-9)7-5-6(12-13-7)1-4-10(14)15/h2-3,5H,1,4H2,(H,12,13)(H,14,15). The third-order valence-electron chi connectivity index (χ3n) is 2.06. The summed E-state index contributed by atoms with van der Waals surface area (Å²) in [4.78, 5) is 11.5. The number of aromatic amines is 1. The molecule has 0 bridgehead atoms. The Labute approximate surface area is 104 Å². The van der Waals surface area contributed by atoms with Crippen molar-refractivity contribution in [3.05, 3.63) is 27.7 Å². The van der Waals surface area contributed by atoms with Crippen LogP contribution in [0.1, 0.15) is 12.1 Å². The first kappa shape index (κ1) is 11.3. The van der Waals surface area contributed by atoms with E-state index in [1.54, 1.807) is 11.3 Å². The summed E-state index contributed by atoms with van der Waals surface area (Å²) in [6.07, 6.45) is 0.602. The number of nitrogens with zero attached hydrogens (tertiary/aromatic N) is 1. The maximum Gasteiger partial charge on any atom is 0.303 e. The molecule has 6 heteroatoms. The number of H-pyrrole nitrogens is 1. The van der Waals surface area contributed by atoms with Gasteiger partial charge in [-0.25, -0.2) is 0 Å². The van der Waals surface area contributed by atoms with E-state index >= 15 is 0 Å². The topological polar surface area (TPSA) is 66.0 Å². The van der Waals surface area contributed by atoms with Gasteiger partial charge >= 0.3 is 5.97 Å². The van der Waals surface area contributed by atoms with Crippen LogP contribution >= 0.6 is 27.3 Å². The molecular formula is C10H9BrN2O2S. The minimum atomic E-state index is -0.796. The van der Waals surface area contributed by atoms with Crippen LogP contribution in [0.4, 0.5) is 0 Å². The van der Waals surface area contributed by atoms with Crippen molar-refractivity contribution in [3.63, 3.8) is 0 Å². The summed E-state index contributed by atoms with van der Waals surface area (Å²) in [5.74, 6) is -0.796. The molecule has 0 aliphatic carbocycles. The lowest BCUT2D eigenvalue weighted by Gasteiger charge is -1.90. The predicted molar refractivity (Wildman–Crippen MR) is 65.6 cm³/mol. The molecule has 0 spiro atoms. The van der Waals surface area contributed by atoms with Crippen LogP contribution in [0.5, 0.6) is 0 Å². The highest BCUT2D eigenvalue weighted by atomic mass is 79.9.